The van der Waals surface area contributed by atoms with Gasteiger partial charge in [-0.1, -0.05) is 39.7 Å². The monoisotopic (exact) mass is 504 g/mol. The highest BCUT2D eigenvalue weighted by Gasteiger charge is 2.34. The summed E-state index contributed by atoms with van der Waals surface area (Å²) in [5, 5.41) is 1.78. The van der Waals surface area contributed by atoms with Crippen molar-refractivity contribution in [1.82, 2.24) is 4.98 Å². The quantitative estimate of drug-likeness (QED) is 0.295. The number of fused-ring (bicyclic) bond motifs is 3. The van der Waals surface area contributed by atoms with E-state index in [1.54, 1.807) is 12.1 Å². The maximum absolute atomic E-state index is 13.1. The molecule has 0 spiro atoms. The predicted molar refractivity (Wildman–Crippen MR) is 122 cm³/mol. The molecule has 0 amide bonds. The number of halogens is 5. The molecule has 1 N–H and O–H groups in total. The van der Waals surface area contributed by atoms with E-state index in [0.717, 1.165) is 57.4 Å². The second-order valence-corrected chi connectivity index (χ2v) is 9.00. The summed E-state index contributed by atoms with van der Waals surface area (Å²) in [6.07, 6.45) is -3.54. The summed E-state index contributed by atoms with van der Waals surface area (Å²) in [6.45, 7) is 0.736. The average Bonchev–Trinajstić information content (AvgIpc) is 3.11. The van der Waals surface area contributed by atoms with Gasteiger partial charge in [-0.15, -0.1) is 0 Å². The topological polar surface area (TPSA) is 19.0 Å². The summed E-state index contributed by atoms with van der Waals surface area (Å²) >= 11 is 9.62. The van der Waals surface area contributed by atoms with Crippen LogP contribution in [0.3, 0.4) is 0 Å². The number of rotatable bonds is 2. The van der Waals surface area contributed by atoms with E-state index in [1.807, 2.05) is 36.4 Å². The van der Waals surface area contributed by atoms with Gasteiger partial charge in [-0.05, 0) is 72.1 Å². The van der Waals surface area contributed by atoms with Crippen molar-refractivity contribution in [2.75, 3.05) is 11.4 Å². The van der Waals surface area contributed by atoms with Crippen molar-refractivity contribution >= 4 is 44.1 Å². The fourth-order valence-corrected chi connectivity index (χ4v) is 4.86. The molecule has 2 nitrogen and oxygen atoms in total. The summed E-state index contributed by atoms with van der Waals surface area (Å²) in [5.74, 6) is 0. The van der Waals surface area contributed by atoms with Gasteiger partial charge < -0.3 is 9.88 Å². The number of aromatic amines is 1. The fourth-order valence-electron chi connectivity index (χ4n) is 4.37. The molecular weight excluding hydrogens is 489 g/mol. The van der Waals surface area contributed by atoms with Crippen molar-refractivity contribution in [3.05, 3.63) is 98.6 Å². The summed E-state index contributed by atoms with van der Waals surface area (Å²) in [6, 6.07) is 18.9. The maximum Gasteiger partial charge on any atom is 0.416 e. The Hall–Kier alpha value is -2.44. The molecule has 0 fully saturated rings. The van der Waals surface area contributed by atoms with Crippen LogP contribution < -0.4 is 4.90 Å². The second-order valence-electron chi connectivity index (χ2n) is 7.65. The van der Waals surface area contributed by atoms with Gasteiger partial charge in [0.2, 0.25) is 0 Å². The largest absolute Gasteiger partial charge is 0.416 e. The molecule has 4 aromatic rings. The van der Waals surface area contributed by atoms with Crippen molar-refractivity contribution < 1.29 is 13.2 Å². The number of H-pyrrole nitrogens is 1. The van der Waals surface area contributed by atoms with Crippen LogP contribution in [0.25, 0.3) is 10.9 Å². The molecule has 1 aliphatic rings. The highest BCUT2D eigenvalue weighted by molar-refractivity contribution is 9.10. The number of hydrogen-bond donors (Lipinski definition) is 1. The lowest BCUT2D eigenvalue weighted by Crippen LogP contribution is -2.36. The van der Waals surface area contributed by atoms with Gasteiger partial charge in [-0.2, -0.15) is 13.2 Å². The van der Waals surface area contributed by atoms with E-state index >= 15 is 0 Å². The van der Waals surface area contributed by atoms with Gasteiger partial charge in [0.25, 0.3) is 0 Å². The maximum atomic E-state index is 13.1. The van der Waals surface area contributed by atoms with Crippen molar-refractivity contribution in [3.63, 3.8) is 0 Å². The highest BCUT2D eigenvalue weighted by atomic mass is 79.9. The summed E-state index contributed by atoms with van der Waals surface area (Å²) < 4.78 is 40.4. The Balaban J connectivity index is 1.67. The number of aromatic nitrogens is 1. The molecule has 1 aliphatic heterocycles. The first-order valence-electron chi connectivity index (χ1n) is 9.80. The number of nitrogens with zero attached hydrogens (tertiary/aromatic N) is 1. The van der Waals surface area contributed by atoms with E-state index in [0.29, 0.717) is 5.02 Å². The van der Waals surface area contributed by atoms with Gasteiger partial charge in [-0.25, -0.2) is 0 Å². The van der Waals surface area contributed by atoms with Crippen LogP contribution in [0, 0.1) is 0 Å². The van der Waals surface area contributed by atoms with Crippen molar-refractivity contribution in [2.24, 2.45) is 0 Å². The van der Waals surface area contributed by atoms with E-state index in [2.05, 4.69) is 31.9 Å². The van der Waals surface area contributed by atoms with Crippen LogP contribution >= 0.6 is 27.5 Å². The molecule has 1 unspecified atom stereocenters. The lowest BCUT2D eigenvalue weighted by Gasteiger charge is -2.38. The first-order chi connectivity index (χ1) is 14.8. The fraction of sp³-hybridized carbons (Fsp3) is 0.167. The van der Waals surface area contributed by atoms with Crippen LogP contribution in [0.15, 0.2) is 71.2 Å². The Morgan fingerprint density at radius 2 is 1.68 bits per heavy atom. The van der Waals surface area contributed by atoms with E-state index in [-0.39, 0.29) is 6.04 Å². The third-order valence-corrected chi connectivity index (χ3v) is 6.55. The molecule has 2 heterocycles. The van der Waals surface area contributed by atoms with Crippen molar-refractivity contribution in [1.29, 1.82) is 0 Å². The lowest BCUT2D eigenvalue weighted by molar-refractivity contribution is -0.137. The lowest BCUT2D eigenvalue weighted by atomic mass is 9.91. The Morgan fingerprint density at radius 3 is 2.35 bits per heavy atom. The summed E-state index contributed by atoms with van der Waals surface area (Å²) in [4.78, 5) is 5.75. The molecule has 31 heavy (non-hydrogen) atoms. The van der Waals surface area contributed by atoms with Crippen LogP contribution in [0.4, 0.5) is 18.9 Å². The first-order valence-corrected chi connectivity index (χ1v) is 11.0. The third-order valence-electron chi connectivity index (χ3n) is 5.80. The van der Waals surface area contributed by atoms with Crippen LogP contribution in [-0.4, -0.2) is 11.5 Å². The molecular formula is C24H17BrClF3N2. The molecule has 1 atom stereocenters. The van der Waals surface area contributed by atoms with Gasteiger partial charge in [-0.3, -0.25) is 0 Å². The van der Waals surface area contributed by atoms with Crippen LogP contribution in [0.2, 0.25) is 5.02 Å². The smallest absolute Gasteiger partial charge is 0.359 e. The zero-order chi connectivity index (χ0) is 21.8. The number of anilines is 1. The Bertz CT molecular complexity index is 1250. The van der Waals surface area contributed by atoms with E-state index < -0.39 is 11.7 Å². The van der Waals surface area contributed by atoms with Gasteiger partial charge in [0.05, 0.1) is 11.6 Å². The molecule has 0 saturated carbocycles. The highest BCUT2D eigenvalue weighted by Crippen LogP contribution is 2.42. The summed E-state index contributed by atoms with van der Waals surface area (Å²) in [5.41, 5.74) is 4.35. The van der Waals surface area contributed by atoms with E-state index in [9.17, 15) is 13.2 Å². The van der Waals surface area contributed by atoms with Gasteiger partial charge >= 0.3 is 6.18 Å². The van der Waals surface area contributed by atoms with Crippen LogP contribution in [-0.2, 0) is 12.6 Å². The third kappa shape index (κ3) is 3.72. The first kappa shape index (κ1) is 20.5. The Kier molecular flexibility index (Phi) is 5.02. The minimum atomic E-state index is -4.36. The van der Waals surface area contributed by atoms with Crippen molar-refractivity contribution in [2.45, 2.75) is 18.6 Å². The molecule has 0 radical (unpaired) electrons. The number of alkyl halides is 3. The Morgan fingerprint density at radius 1 is 0.968 bits per heavy atom. The zero-order valence-electron chi connectivity index (χ0n) is 16.2. The van der Waals surface area contributed by atoms with E-state index in [4.69, 9.17) is 11.6 Å². The molecule has 1 aromatic heterocycles. The number of benzene rings is 3. The van der Waals surface area contributed by atoms with Gasteiger partial charge in [0.15, 0.2) is 0 Å². The van der Waals surface area contributed by atoms with Gasteiger partial charge in [0.1, 0.15) is 0 Å². The SMILES string of the molecule is FC(F)(F)c1ccc(C2c3[nH]c4ccc(Br)cc4c3CCN2c2ccc(Cl)cc2)cc1. The molecule has 0 aliphatic carbocycles. The van der Waals surface area contributed by atoms with Crippen molar-refractivity contribution in [3.8, 4) is 0 Å². The molecule has 5 rings (SSSR count). The van der Waals surface area contributed by atoms with Crippen LogP contribution in [0.5, 0.6) is 0 Å². The molecule has 0 saturated heterocycles. The number of nitrogens with one attached hydrogen (secondary N) is 1. The predicted octanol–water partition coefficient (Wildman–Crippen LogP) is 7.75. The molecule has 3 aromatic carbocycles. The zero-order valence-corrected chi connectivity index (χ0v) is 18.5. The molecule has 0 bridgehead atoms. The molecule has 7 heteroatoms. The average molecular weight is 506 g/mol. The van der Waals surface area contributed by atoms with Gasteiger partial charge in [0, 0.05) is 38.3 Å². The van der Waals surface area contributed by atoms with E-state index in [1.165, 1.54) is 5.56 Å². The standard InChI is InChI=1S/C24H17BrClF3N2/c25-16-5-10-21-20(13-16)19-11-12-31(18-8-6-17(26)7-9-18)23(22(19)30-21)14-1-3-15(4-2-14)24(27,28)29/h1-10,13,23,30H,11-12H2. The minimum absolute atomic E-state index is 0.238. The van der Waals surface area contributed by atoms with Crippen LogP contribution in [0.1, 0.15) is 28.4 Å². The number of hydrogen-bond acceptors (Lipinski definition) is 1. The molecule has 158 valence electrons. The normalized spacial score (nSPS) is 16.5. The Labute approximate surface area is 190 Å². The minimum Gasteiger partial charge on any atom is -0.359 e. The second kappa shape index (κ2) is 7.61. The summed E-state index contributed by atoms with van der Waals surface area (Å²) in [7, 11) is 0.